The molecule has 1 aromatic rings. The summed E-state index contributed by atoms with van der Waals surface area (Å²) < 4.78 is 10.4. The molecule has 40 heavy (non-hydrogen) atoms. The Morgan fingerprint density at radius 1 is 0.700 bits per heavy atom. The van der Waals surface area contributed by atoms with Gasteiger partial charge in [0.05, 0.1) is 0 Å². The van der Waals surface area contributed by atoms with E-state index < -0.39 is 12.1 Å². The minimum absolute atomic E-state index is 0.156. The van der Waals surface area contributed by atoms with Crippen LogP contribution in [0.5, 0.6) is 5.75 Å². The molecule has 0 fully saturated rings. The third kappa shape index (κ3) is 15.1. The second-order valence-electron chi connectivity index (χ2n) is 13.3. The van der Waals surface area contributed by atoms with Gasteiger partial charge >= 0.3 is 11.9 Å². The molecule has 0 heterocycles. The Kier molecular flexibility index (Phi) is 16.5. The van der Waals surface area contributed by atoms with Crippen LogP contribution < -0.4 is 0 Å². The molecule has 0 aliphatic carbocycles. The first-order valence-corrected chi connectivity index (χ1v) is 15.6. The molecule has 0 radical (unpaired) electrons. The topological polar surface area (TPSA) is 93.1 Å². The van der Waals surface area contributed by atoms with E-state index in [4.69, 9.17) is 9.47 Å². The van der Waals surface area contributed by atoms with Gasteiger partial charge in [0.2, 0.25) is 0 Å². The number of aryl methyl sites for hydroxylation is 1. The number of unbranched alkanes of at least 4 members (excludes halogenated alkanes) is 10. The summed E-state index contributed by atoms with van der Waals surface area (Å²) >= 11 is 0. The summed E-state index contributed by atoms with van der Waals surface area (Å²) in [6.45, 7) is 14.2. The van der Waals surface area contributed by atoms with Crippen molar-refractivity contribution >= 4 is 11.9 Å². The predicted molar refractivity (Wildman–Crippen MR) is 163 cm³/mol. The van der Waals surface area contributed by atoms with Crippen molar-refractivity contribution in [2.24, 2.45) is 0 Å². The number of ether oxygens (including phenoxy) is 2. The van der Waals surface area contributed by atoms with Crippen LogP contribution in [0, 0.1) is 0 Å². The van der Waals surface area contributed by atoms with Crippen molar-refractivity contribution in [2.75, 3.05) is 13.2 Å². The Hall–Kier alpha value is -2.08. The van der Waals surface area contributed by atoms with E-state index in [1.165, 1.54) is 51.4 Å². The second kappa shape index (κ2) is 18.4. The quantitative estimate of drug-likeness (QED) is 0.131. The minimum atomic E-state index is -1.04. The van der Waals surface area contributed by atoms with Crippen molar-refractivity contribution in [1.29, 1.82) is 0 Å². The van der Waals surface area contributed by atoms with E-state index in [9.17, 15) is 19.8 Å². The van der Waals surface area contributed by atoms with Crippen LogP contribution in [0.1, 0.15) is 149 Å². The van der Waals surface area contributed by atoms with E-state index in [1.54, 1.807) is 0 Å². The van der Waals surface area contributed by atoms with E-state index in [-0.39, 0.29) is 36.4 Å². The number of aliphatic hydroxyl groups is 1. The fraction of sp³-hybridized carbons (Fsp3) is 0.765. The Morgan fingerprint density at radius 2 is 1.10 bits per heavy atom. The van der Waals surface area contributed by atoms with E-state index in [1.807, 2.05) is 12.1 Å². The van der Waals surface area contributed by atoms with Crippen LogP contribution in [0.3, 0.4) is 0 Å². The molecule has 2 N–H and O–H groups in total. The first kappa shape index (κ1) is 35.9. The van der Waals surface area contributed by atoms with E-state index in [0.29, 0.717) is 18.6 Å². The number of phenols is 1. The van der Waals surface area contributed by atoms with Crippen molar-refractivity contribution in [3.63, 3.8) is 0 Å². The van der Waals surface area contributed by atoms with Gasteiger partial charge in [-0.05, 0) is 40.4 Å². The number of rotatable bonds is 19. The van der Waals surface area contributed by atoms with Crippen LogP contribution in [-0.2, 0) is 36.3 Å². The third-order valence-corrected chi connectivity index (χ3v) is 7.26. The number of aromatic hydroxyl groups is 1. The summed E-state index contributed by atoms with van der Waals surface area (Å²) in [6.07, 6.45) is 13.3. The smallest absolute Gasteiger partial charge is 0.306 e. The van der Waals surface area contributed by atoms with Crippen LogP contribution in [0.2, 0.25) is 0 Å². The molecule has 0 aromatic heterocycles. The Bertz CT molecular complexity index is 842. The lowest BCUT2D eigenvalue weighted by atomic mass is 9.78. The van der Waals surface area contributed by atoms with Crippen LogP contribution in [0.15, 0.2) is 12.1 Å². The molecular weight excluding hydrogens is 504 g/mol. The van der Waals surface area contributed by atoms with Gasteiger partial charge in [0.1, 0.15) is 25.1 Å². The Labute approximate surface area is 244 Å². The molecule has 6 nitrogen and oxygen atoms in total. The van der Waals surface area contributed by atoms with Crippen LogP contribution in [0.25, 0.3) is 0 Å². The summed E-state index contributed by atoms with van der Waals surface area (Å²) in [5, 5.41) is 21.0. The number of aliphatic hydroxyl groups excluding tert-OH is 1. The predicted octanol–water partition coefficient (Wildman–Crippen LogP) is 8.07. The molecule has 1 atom stereocenters. The van der Waals surface area contributed by atoms with Crippen LogP contribution in [0.4, 0.5) is 0 Å². The van der Waals surface area contributed by atoms with Gasteiger partial charge in [-0.25, -0.2) is 0 Å². The van der Waals surface area contributed by atoms with Crippen molar-refractivity contribution in [2.45, 2.75) is 155 Å². The van der Waals surface area contributed by atoms with Gasteiger partial charge in [-0.3, -0.25) is 9.59 Å². The zero-order chi connectivity index (χ0) is 30.2. The first-order chi connectivity index (χ1) is 18.8. The molecule has 0 saturated carbocycles. The van der Waals surface area contributed by atoms with Crippen molar-refractivity contribution in [3.05, 3.63) is 28.8 Å². The second-order valence-corrected chi connectivity index (χ2v) is 13.3. The largest absolute Gasteiger partial charge is 0.507 e. The first-order valence-electron chi connectivity index (χ1n) is 15.6. The maximum atomic E-state index is 12.3. The Balaban J connectivity index is 2.28. The number of carbonyl (C=O) groups is 2. The maximum absolute atomic E-state index is 12.3. The highest BCUT2D eigenvalue weighted by Crippen LogP contribution is 2.40. The maximum Gasteiger partial charge on any atom is 0.306 e. The highest BCUT2D eigenvalue weighted by Gasteiger charge is 2.26. The fourth-order valence-corrected chi connectivity index (χ4v) is 4.73. The van der Waals surface area contributed by atoms with Crippen LogP contribution >= 0.6 is 0 Å². The lowest BCUT2D eigenvalue weighted by Crippen LogP contribution is -2.25. The summed E-state index contributed by atoms with van der Waals surface area (Å²) in [5.74, 6) is -0.431. The summed E-state index contributed by atoms with van der Waals surface area (Å²) in [4.78, 5) is 24.3. The fourth-order valence-electron chi connectivity index (χ4n) is 4.73. The average molecular weight is 563 g/mol. The molecule has 230 valence electrons. The normalized spacial score (nSPS) is 12.8. The summed E-state index contributed by atoms with van der Waals surface area (Å²) in [7, 11) is 0. The van der Waals surface area contributed by atoms with E-state index in [2.05, 4.69) is 48.5 Å². The van der Waals surface area contributed by atoms with Gasteiger partial charge in [0, 0.05) is 12.8 Å². The highest BCUT2D eigenvalue weighted by molar-refractivity contribution is 5.70. The lowest BCUT2D eigenvalue weighted by molar-refractivity contribution is -0.152. The van der Waals surface area contributed by atoms with Gasteiger partial charge in [0.15, 0.2) is 0 Å². The number of hydrogen-bond donors (Lipinski definition) is 2. The molecule has 0 aliphatic rings. The zero-order valence-electron chi connectivity index (χ0n) is 26.6. The molecule has 0 amide bonds. The number of benzene rings is 1. The molecule has 1 aromatic carbocycles. The van der Waals surface area contributed by atoms with Gasteiger partial charge in [-0.15, -0.1) is 0 Å². The average Bonchev–Trinajstić information content (AvgIpc) is 2.87. The number of hydrogen-bond acceptors (Lipinski definition) is 6. The molecule has 1 rings (SSSR count). The molecule has 6 heteroatoms. The van der Waals surface area contributed by atoms with Crippen LogP contribution in [-0.4, -0.2) is 41.5 Å². The lowest BCUT2D eigenvalue weighted by Gasteiger charge is -2.28. The van der Waals surface area contributed by atoms with E-state index in [0.717, 1.165) is 36.0 Å². The molecule has 0 bridgehead atoms. The zero-order valence-corrected chi connectivity index (χ0v) is 26.6. The van der Waals surface area contributed by atoms with Crippen molar-refractivity contribution in [1.82, 2.24) is 0 Å². The van der Waals surface area contributed by atoms with Gasteiger partial charge < -0.3 is 19.7 Å². The summed E-state index contributed by atoms with van der Waals surface area (Å²) in [5.41, 5.74) is 2.19. The molecule has 0 aliphatic heterocycles. The SMILES string of the molecule is CCCCCCCCCCCCCC(=O)OCC(O)COC(=O)CCc1cc(C(C)(C)C)c(O)c(C(C)(C)C)c1. The van der Waals surface area contributed by atoms with E-state index >= 15 is 0 Å². The van der Waals surface area contributed by atoms with Crippen molar-refractivity contribution in [3.8, 4) is 5.75 Å². The van der Waals surface area contributed by atoms with Gasteiger partial charge in [-0.1, -0.05) is 125 Å². The number of esters is 2. The summed E-state index contributed by atoms with van der Waals surface area (Å²) in [6, 6.07) is 3.92. The third-order valence-electron chi connectivity index (χ3n) is 7.26. The highest BCUT2D eigenvalue weighted by atomic mass is 16.6. The number of carbonyl (C=O) groups excluding carboxylic acids is 2. The molecule has 1 unspecified atom stereocenters. The minimum Gasteiger partial charge on any atom is -0.507 e. The molecular formula is C34H58O6. The molecule has 0 spiro atoms. The molecule has 0 saturated heterocycles. The van der Waals surface area contributed by atoms with Gasteiger partial charge in [-0.2, -0.15) is 0 Å². The number of phenolic OH excluding ortho intramolecular Hbond substituents is 1. The standard InChI is InChI=1S/C34H58O6/c1-8-9-10-11-12-13-14-15-16-17-18-19-30(36)39-24-27(35)25-40-31(37)21-20-26-22-28(33(2,3)4)32(38)29(23-26)34(5,6)7/h22-23,27,35,38H,8-21,24-25H2,1-7H3. The Morgan fingerprint density at radius 3 is 1.52 bits per heavy atom. The van der Waals surface area contributed by atoms with Gasteiger partial charge in [0.25, 0.3) is 0 Å². The van der Waals surface area contributed by atoms with Crippen molar-refractivity contribution < 1.29 is 29.3 Å². The monoisotopic (exact) mass is 562 g/mol.